The number of aryl methyl sites for hydroxylation is 2. The van der Waals surface area contributed by atoms with Crippen molar-refractivity contribution in [3.05, 3.63) is 65.0 Å². The molecule has 140 valence electrons. The molecule has 0 radical (unpaired) electrons. The minimum absolute atomic E-state index is 0.0551. The first-order valence-corrected chi connectivity index (χ1v) is 10.0. The quantitative estimate of drug-likeness (QED) is 0.621. The molecule has 2 aromatic carbocycles. The van der Waals surface area contributed by atoms with Crippen molar-refractivity contribution in [3.63, 3.8) is 0 Å². The number of sulfone groups is 1. The Labute approximate surface area is 156 Å². The molecule has 0 atom stereocenters. The molecule has 0 bridgehead atoms. The first kappa shape index (κ1) is 18.8. The van der Waals surface area contributed by atoms with E-state index < -0.39 is 15.8 Å². The van der Waals surface area contributed by atoms with E-state index in [1.807, 2.05) is 31.2 Å². The Morgan fingerprint density at radius 2 is 1.81 bits per heavy atom. The molecule has 0 amide bonds. The average molecular weight is 386 g/mol. The summed E-state index contributed by atoms with van der Waals surface area (Å²) in [5.41, 5.74) is 2.69. The van der Waals surface area contributed by atoms with Gasteiger partial charge in [0, 0.05) is 11.8 Å². The molecule has 0 N–H and O–H groups in total. The number of carbonyl (C=O) groups excluding carboxylic acids is 1. The van der Waals surface area contributed by atoms with Gasteiger partial charge in [-0.15, -0.1) is 0 Å². The summed E-state index contributed by atoms with van der Waals surface area (Å²) in [4.78, 5) is 16.6. The molecular formula is C19H18N2O5S. The highest BCUT2D eigenvalue weighted by Crippen LogP contribution is 2.19. The van der Waals surface area contributed by atoms with Gasteiger partial charge in [-0.25, -0.2) is 13.2 Å². The van der Waals surface area contributed by atoms with Gasteiger partial charge in [0.15, 0.2) is 16.4 Å². The Morgan fingerprint density at radius 3 is 2.48 bits per heavy atom. The number of carbonyl (C=O) groups is 1. The number of rotatable bonds is 5. The molecule has 27 heavy (non-hydrogen) atoms. The molecule has 0 saturated carbocycles. The minimum atomic E-state index is -3.42. The zero-order valence-electron chi connectivity index (χ0n) is 15.1. The number of hydrogen-bond donors (Lipinski definition) is 0. The normalized spacial score (nSPS) is 11.4. The summed E-state index contributed by atoms with van der Waals surface area (Å²) in [5, 5.41) is 3.87. The van der Waals surface area contributed by atoms with E-state index in [-0.39, 0.29) is 23.0 Å². The van der Waals surface area contributed by atoms with Crippen LogP contribution in [0.5, 0.6) is 0 Å². The standard InChI is InChI=1S/C19H18N2O5S/c1-12-4-7-14(8-5-12)18-20-17(26-21-18)11-25-19(22)16-10-15(27(3,23)24)9-6-13(16)2/h4-10H,11H2,1-3H3. The number of nitrogens with zero attached hydrogens (tertiary/aromatic N) is 2. The van der Waals surface area contributed by atoms with Gasteiger partial charge in [-0.1, -0.05) is 41.1 Å². The van der Waals surface area contributed by atoms with Crippen LogP contribution >= 0.6 is 0 Å². The fraction of sp³-hybridized carbons (Fsp3) is 0.211. The molecule has 0 aliphatic heterocycles. The highest BCUT2D eigenvalue weighted by atomic mass is 32.2. The highest BCUT2D eigenvalue weighted by Gasteiger charge is 2.17. The second-order valence-corrected chi connectivity index (χ2v) is 8.22. The van der Waals surface area contributed by atoms with Gasteiger partial charge in [0.2, 0.25) is 5.82 Å². The summed E-state index contributed by atoms with van der Waals surface area (Å²) in [6, 6.07) is 11.9. The lowest BCUT2D eigenvalue weighted by atomic mass is 10.1. The van der Waals surface area contributed by atoms with Gasteiger partial charge in [0.25, 0.3) is 5.89 Å². The number of aromatic nitrogens is 2. The Balaban J connectivity index is 1.72. The summed E-state index contributed by atoms with van der Waals surface area (Å²) in [7, 11) is -3.42. The van der Waals surface area contributed by atoms with E-state index in [4.69, 9.17) is 9.26 Å². The van der Waals surface area contributed by atoms with Gasteiger partial charge in [-0.3, -0.25) is 0 Å². The van der Waals surface area contributed by atoms with E-state index in [9.17, 15) is 13.2 Å². The molecule has 1 aromatic heterocycles. The minimum Gasteiger partial charge on any atom is -0.452 e. The molecule has 3 rings (SSSR count). The summed E-state index contributed by atoms with van der Waals surface area (Å²) in [6.45, 7) is 3.47. The third-order valence-electron chi connectivity index (χ3n) is 3.96. The van der Waals surface area contributed by atoms with Crippen LogP contribution in [0.1, 0.15) is 27.4 Å². The van der Waals surface area contributed by atoms with Gasteiger partial charge >= 0.3 is 5.97 Å². The lowest BCUT2D eigenvalue weighted by Crippen LogP contribution is -2.09. The zero-order chi connectivity index (χ0) is 19.6. The third kappa shape index (κ3) is 4.40. The van der Waals surface area contributed by atoms with Gasteiger partial charge in [-0.2, -0.15) is 4.98 Å². The Bertz CT molecular complexity index is 1090. The number of esters is 1. The second-order valence-electron chi connectivity index (χ2n) is 6.20. The van der Waals surface area contributed by atoms with Crippen molar-refractivity contribution in [1.29, 1.82) is 0 Å². The van der Waals surface area contributed by atoms with E-state index in [2.05, 4.69) is 10.1 Å². The molecule has 0 spiro atoms. The van der Waals surface area contributed by atoms with Crippen molar-refractivity contribution in [2.45, 2.75) is 25.3 Å². The maximum atomic E-state index is 12.3. The maximum Gasteiger partial charge on any atom is 0.338 e. The largest absolute Gasteiger partial charge is 0.452 e. The van der Waals surface area contributed by atoms with E-state index in [0.29, 0.717) is 11.4 Å². The Kier molecular flexibility index (Phi) is 5.09. The molecule has 8 heteroatoms. The molecule has 0 fully saturated rings. The fourth-order valence-corrected chi connectivity index (χ4v) is 3.04. The molecule has 7 nitrogen and oxygen atoms in total. The van der Waals surface area contributed by atoms with Crippen LogP contribution in [-0.2, 0) is 21.2 Å². The number of hydrogen-bond acceptors (Lipinski definition) is 7. The molecule has 0 aliphatic carbocycles. The van der Waals surface area contributed by atoms with Crippen molar-refractivity contribution in [2.24, 2.45) is 0 Å². The van der Waals surface area contributed by atoms with Gasteiger partial charge < -0.3 is 9.26 Å². The topological polar surface area (TPSA) is 99.4 Å². The van der Waals surface area contributed by atoms with Crippen LogP contribution in [0.4, 0.5) is 0 Å². The lowest BCUT2D eigenvalue weighted by molar-refractivity contribution is 0.0428. The van der Waals surface area contributed by atoms with Crippen molar-refractivity contribution in [2.75, 3.05) is 6.26 Å². The van der Waals surface area contributed by atoms with Crippen molar-refractivity contribution < 1.29 is 22.5 Å². The third-order valence-corrected chi connectivity index (χ3v) is 5.07. The van der Waals surface area contributed by atoms with E-state index in [1.165, 1.54) is 12.1 Å². The van der Waals surface area contributed by atoms with Crippen molar-refractivity contribution >= 4 is 15.8 Å². The lowest BCUT2D eigenvalue weighted by Gasteiger charge is -2.07. The van der Waals surface area contributed by atoms with Gasteiger partial charge in [0.1, 0.15) is 0 Å². The summed E-state index contributed by atoms with van der Waals surface area (Å²) >= 11 is 0. The monoisotopic (exact) mass is 386 g/mol. The van der Waals surface area contributed by atoms with Crippen LogP contribution in [0.2, 0.25) is 0 Å². The molecule has 0 saturated heterocycles. The number of ether oxygens (including phenoxy) is 1. The SMILES string of the molecule is Cc1ccc(-c2noc(COC(=O)c3cc(S(C)(=O)=O)ccc3C)n2)cc1. The van der Waals surface area contributed by atoms with Crippen LogP contribution in [-0.4, -0.2) is 30.8 Å². The maximum absolute atomic E-state index is 12.3. The van der Waals surface area contributed by atoms with Crippen LogP contribution in [0.25, 0.3) is 11.4 Å². The first-order chi connectivity index (χ1) is 12.7. The zero-order valence-corrected chi connectivity index (χ0v) is 15.9. The van der Waals surface area contributed by atoms with E-state index >= 15 is 0 Å². The van der Waals surface area contributed by atoms with E-state index in [0.717, 1.165) is 17.4 Å². The predicted molar refractivity (Wildman–Crippen MR) is 97.9 cm³/mol. The first-order valence-electron chi connectivity index (χ1n) is 8.11. The second kappa shape index (κ2) is 7.32. The smallest absolute Gasteiger partial charge is 0.338 e. The summed E-state index contributed by atoms with van der Waals surface area (Å²) < 4.78 is 33.7. The Morgan fingerprint density at radius 1 is 1.11 bits per heavy atom. The summed E-state index contributed by atoms with van der Waals surface area (Å²) in [6.07, 6.45) is 1.08. The van der Waals surface area contributed by atoms with Crippen LogP contribution in [0.3, 0.4) is 0 Å². The molecule has 3 aromatic rings. The predicted octanol–water partition coefficient (Wildman–Crippen LogP) is 3.11. The van der Waals surface area contributed by atoms with Crippen molar-refractivity contribution in [1.82, 2.24) is 10.1 Å². The molecular weight excluding hydrogens is 368 g/mol. The average Bonchev–Trinajstić information content (AvgIpc) is 3.08. The highest BCUT2D eigenvalue weighted by molar-refractivity contribution is 7.90. The van der Waals surface area contributed by atoms with Crippen LogP contribution < -0.4 is 0 Å². The summed E-state index contributed by atoms with van der Waals surface area (Å²) in [5.74, 6) is -0.111. The molecule has 0 aliphatic rings. The fourth-order valence-electron chi connectivity index (χ4n) is 2.39. The van der Waals surface area contributed by atoms with Gasteiger partial charge in [0.05, 0.1) is 10.5 Å². The van der Waals surface area contributed by atoms with Gasteiger partial charge in [-0.05, 0) is 31.5 Å². The molecule has 0 unspecified atom stereocenters. The molecule has 1 heterocycles. The van der Waals surface area contributed by atoms with Crippen LogP contribution in [0, 0.1) is 13.8 Å². The Hall–Kier alpha value is -3.00. The van der Waals surface area contributed by atoms with Crippen LogP contribution in [0.15, 0.2) is 51.9 Å². The van der Waals surface area contributed by atoms with E-state index in [1.54, 1.807) is 13.0 Å². The van der Waals surface area contributed by atoms with Crippen molar-refractivity contribution in [3.8, 4) is 11.4 Å². The number of benzene rings is 2.